The van der Waals surface area contributed by atoms with Crippen LogP contribution in [0.1, 0.15) is 31.9 Å². The molecule has 1 unspecified atom stereocenters. The first-order valence-electron chi connectivity index (χ1n) is 6.64. The van der Waals surface area contributed by atoms with Gasteiger partial charge in [0.1, 0.15) is 5.69 Å². The van der Waals surface area contributed by atoms with E-state index >= 15 is 0 Å². The van der Waals surface area contributed by atoms with E-state index in [1.165, 1.54) is 18.9 Å². The molecule has 1 N–H and O–H groups in total. The zero-order chi connectivity index (χ0) is 13.8. The minimum Gasteiger partial charge on any atom is -0.313 e. The molecule has 0 spiro atoms. The maximum absolute atomic E-state index is 11.1. The quantitative estimate of drug-likeness (QED) is 0.617. The van der Waals surface area contributed by atoms with Crippen LogP contribution in [0.15, 0.2) is 16.7 Å². The van der Waals surface area contributed by atoms with Gasteiger partial charge in [0.05, 0.1) is 4.92 Å². The van der Waals surface area contributed by atoms with E-state index in [1.54, 1.807) is 6.20 Å². The van der Waals surface area contributed by atoms with Crippen molar-refractivity contribution in [3.05, 3.63) is 32.5 Å². The highest BCUT2D eigenvalue weighted by Gasteiger charge is 2.32. The second-order valence-electron chi connectivity index (χ2n) is 4.98. The van der Waals surface area contributed by atoms with Gasteiger partial charge in [0.25, 0.3) is 5.69 Å². The molecule has 104 valence electrons. The molecule has 5 nitrogen and oxygen atoms in total. The molecule has 1 saturated carbocycles. The highest BCUT2D eigenvalue weighted by Crippen LogP contribution is 2.35. The van der Waals surface area contributed by atoms with Gasteiger partial charge < -0.3 is 5.32 Å². The van der Waals surface area contributed by atoms with Crippen molar-refractivity contribution < 1.29 is 4.92 Å². The standard InChI is InChI=1S/C13H18BrN3O2/c1-2-5-15-11(9-3-4-9)7-12-13(17(18)19)6-10(14)8-16-12/h6,8-9,11,15H,2-5,7H2,1H3. The molecular formula is C13H18BrN3O2. The van der Waals surface area contributed by atoms with Gasteiger partial charge in [-0.05, 0) is 47.7 Å². The molecule has 1 aliphatic carbocycles. The first-order chi connectivity index (χ1) is 9.11. The first-order valence-corrected chi connectivity index (χ1v) is 7.43. The molecule has 1 aromatic rings. The summed E-state index contributed by atoms with van der Waals surface area (Å²) in [6.45, 7) is 3.07. The van der Waals surface area contributed by atoms with E-state index in [9.17, 15) is 10.1 Å². The molecule has 0 aromatic carbocycles. The average Bonchev–Trinajstić information content (AvgIpc) is 3.20. The van der Waals surface area contributed by atoms with E-state index < -0.39 is 0 Å². The second-order valence-corrected chi connectivity index (χ2v) is 5.89. The number of nitrogens with one attached hydrogen (secondary N) is 1. The molecule has 0 saturated heterocycles. The van der Waals surface area contributed by atoms with E-state index in [0.717, 1.165) is 13.0 Å². The molecule has 2 rings (SSSR count). The van der Waals surface area contributed by atoms with Gasteiger partial charge in [0.15, 0.2) is 0 Å². The monoisotopic (exact) mass is 327 g/mol. The summed E-state index contributed by atoms with van der Waals surface area (Å²) >= 11 is 3.23. The third-order valence-electron chi connectivity index (χ3n) is 3.37. The zero-order valence-electron chi connectivity index (χ0n) is 10.9. The number of hydrogen-bond donors (Lipinski definition) is 1. The Morgan fingerprint density at radius 1 is 1.63 bits per heavy atom. The van der Waals surface area contributed by atoms with Crippen LogP contribution < -0.4 is 5.32 Å². The van der Waals surface area contributed by atoms with E-state index in [4.69, 9.17) is 0 Å². The fourth-order valence-electron chi connectivity index (χ4n) is 2.21. The van der Waals surface area contributed by atoms with Gasteiger partial charge in [0, 0.05) is 29.2 Å². The fourth-order valence-corrected chi connectivity index (χ4v) is 2.53. The normalized spacial score (nSPS) is 16.3. The van der Waals surface area contributed by atoms with Crippen molar-refractivity contribution in [2.45, 2.75) is 38.6 Å². The number of aromatic nitrogens is 1. The van der Waals surface area contributed by atoms with Crippen LogP contribution in [0.4, 0.5) is 5.69 Å². The summed E-state index contributed by atoms with van der Waals surface area (Å²) < 4.78 is 0.646. The van der Waals surface area contributed by atoms with Crippen LogP contribution in [-0.2, 0) is 6.42 Å². The van der Waals surface area contributed by atoms with Crippen LogP contribution >= 0.6 is 15.9 Å². The lowest BCUT2D eigenvalue weighted by atomic mass is 10.0. The van der Waals surface area contributed by atoms with Gasteiger partial charge >= 0.3 is 0 Å². The summed E-state index contributed by atoms with van der Waals surface area (Å²) in [5.74, 6) is 0.650. The predicted molar refractivity (Wildman–Crippen MR) is 77.1 cm³/mol. The lowest BCUT2D eigenvalue weighted by Gasteiger charge is -2.17. The van der Waals surface area contributed by atoms with Crippen molar-refractivity contribution in [3.63, 3.8) is 0 Å². The number of pyridine rings is 1. The lowest BCUT2D eigenvalue weighted by molar-refractivity contribution is -0.386. The van der Waals surface area contributed by atoms with Crippen molar-refractivity contribution in [1.82, 2.24) is 10.3 Å². The van der Waals surface area contributed by atoms with Crippen molar-refractivity contribution in [1.29, 1.82) is 0 Å². The fraction of sp³-hybridized carbons (Fsp3) is 0.615. The van der Waals surface area contributed by atoms with Crippen molar-refractivity contribution >= 4 is 21.6 Å². The van der Waals surface area contributed by atoms with E-state index in [0.29, 0.717) is 28.5 Å². The van der Waals surface area contributed by atoms with Crippen LogP contribution in [0, 0.1) is 16.0 Å². The number of hydrogen-bond acceptors (Lipinski definition) is 4. The first kappa shape index (κ1) is 14.4. The molecule has 6 heteroatoms. The minimum absolute atomic E-state index is 0.110. The summed E-state index contributed by atoms with van der Waals surface area (Å²) in [5, 5.41) is 14.6. The van der Waals surface area contributed by atoms with Gasteiger partial charge in [-0.25, -0.2) is 0 Å². The van der Waals surface area contributed by atoms with E-state index in [2.05, 4.69) is 33.2 Å². The summed E-state index contributed by atoms with van der Waals surface area (Å²) in [6, 6.07) is 1.85. The van der Waals surface area contributed by atoms with Gasteiger partial charge in [0.2, 0.25) is 0 Å². The second kappa shape index (κ2) is 6.43. The average molecular weight is 328 g/mol. The molecule has 1 fully saturated rings. The van der Waals surface area contributed by atoms with Crippen molar-refractivity contribution in [2.24, 2.45) is 5.92 Å². The molecule has 1 heterocycles. The number of rotatable bonds is 7. The Hall–Kier alpha value is -1.01. The third-order valence-corrected chi connectivity index (χ3v) is 3.81. The van der Waals surface area contributed by atoms with Crippen LogP contribution in [-0.4, -0.2) is 22.5 Å². The molecule has 1 aromatic heterocycles. The van der Waals surface area contributed by atoms with Gasteiger partial charge in [-0.3, -0.25) is 15.1 Å². The SMILES string of the molecule is CCCNC(Cc1ncc(Br)cc1[N+](=O)[O-])C1CC1. The Labute approximate surface area is 121 Å². The molecule has 0 aliphatic heterocycles. The van der Waals surface area contributed by atoms with Crippen LogP contribution in [0.25, 0.3) is 0 Å². The molecule has 19 heavy (non-hydrogen) atoms. The molecule has 0 radical (unpaired) electrons. The van der Waals surface area contributed by atoms with Gasteiger partial charge in [-0.15, -0.1) is 0 Å². The number of nitrogens with zero attached hydrogens (tertiary/aromatic N) is 2. The lowest BCUT2D eigenvalue weighted by Crippen LogP contribution is -2.34. The highest BCUT2D eigenvalue weighted by molar-refractivity contribution is 9.10. The number of halogens is 1. The smallest absolute Gasteiger partial charge is 0.291 e. The van der Waals surface area contributed by atoms with Gasteiger partial charge in [-0.1, -0.05) is 6.92 Å². The van der Waals surface area contributed by atoms with Crippen LogP contribution in [0.5, 0.6) is 0 Å². The van der Waals surface area contributed by atoms with Gasteiger partial charge in [-0.2, -0.15) is 0 Å². The molecule has 1 aliphatic rings. The summed E-state index contributed by atoms with van der Waals surface area (Å²) in [7, 11) is 0. The van der Waals surface area contributed by atoms with Crippen LogP contribution in [0.2, 0.25) is 0 Å². The summed E-state index contributed by atoms with van der Waals surface area (Å²) in [4.78, 5) is 15.0. The molecular weight excluding hydrogens is 310 g/mol. The predicted octanol–water partition coefficient (Wildman–Crippen LogP) is 3.07. The molecule has 0 bridgehead atoms. The van der Waals surface area contributed by atoms with E-state index in [1.807, 2.05) is 0 Å². The maximum atomic E-state index is 11.1. The van der Waals surface area contributed by atoms with Crippen LogP contribution in [0.3, 0.4) is 0 Å². The van der Waals surface area contributed by atoms with Crippen molar-refractivity contribution in [2.75, 3.05) is 6.54 Å². The van der Waals surface area contributed by atoms with E-state index in [-0.39, 0.29) is 10.6 Å². The Kier molecular flexibility index (Phi) is 4.87. The minimum atomic E-state index is -0.350. The zero-order valence-corrected chi connectivity index (χ0v) is 12.5. The largest absolute Gasteiger partial charge is 0.313 e. The Morgan fingerprint density at radius 3 is 2.95 bits per heavy atom. The highest BCUT2D eigenvalue weighted by atomic mass is 79.9. The maximum Gasteiger partial charge on any atom is 0.291 e. The topological polar surface area (TPSA) is 68.1 Å². The van der Waals surface area contributed by atoms with Crippen molar-refractivity contribution in [3.8, 4) is 0 Å². The third kappa shape index (κ3) is 3.98. The summed E-state index contributed by atoms with van der Waals surface area (Å²) in [5.41, 5.74) is 0.687. The molecule has 1 atom stereocenters. The molecule has 0 amide bonds. The number of nitro groups is 1. The Bertz CT molecular complexity index is 463. The Balaban J connectivity index is 2.13. The Morgan fingerprint density at radius 2 is 2.37 bits per heavy atom. The summed E-state index contributed by atoms with van der Waals surface area (Å²) in [6.07, 6.45) is 5.76.